The number of benzene rings is 2. The van der Waals surface area contributed by atoms with Gasteiger partial charge in [-0.25, -0.2) is 0 Å². The molecule has 5 nitrogen and oxygen atoms in total. The Labute approximate surface area is 164 Å². The van der Waals surface area contributed by atoms with Crippen molar-refractivity contribution in [3.63, 3.8) is 0 Å². The number of nitrogens with one attached hydrogen (secondary N) is 1. The van der Waals surface area contributed by atoms with Gasteiger partial charge in [-0.1, -0.05) is 30.3 Å². The van der Waals surface area contributed by atoms with E-state index in [1.165, 1.54) is 0 Å². The number of phenols is 1. The third-order valence-corrected chi connectivity index (χ3v) is 4.54. The largest absolute Gasteiger partial charge is 0.508 e. The lowest BCUT2D eigenvalue weighted by molar-refractivity contribution is -0.117. The fourth-order valence-electron chi connectivity index (χ4n) is 3.11. The second-order valence-corrected chi connectivity index (χ2v) is 6.52. The number of carbonyl (C=O) groups is 1. The Balaban J connectivity index is 1.84. The number of nitriles is 1. The van der Waals surface area contributed by atoms with Crippen molar-refractivity contribution in [2.45, 2.75) is 20.4 Å². The van der Waals surface area contributed by atoms with E-state index in [0.29, 0.717) is 6.54 Å². The molecule has 1 amide bonds. The summed E-state index contributed by atoms with van der Waals surface area (Å²) >= 11 is 0. The van der Waals surface area contributed by atoms with Gasteiger partial charge in [0, 0.05) is 23.6 Å². The summed E-state index contributed by atoms with van der Waals surface area (Å²) in [5.74, 6) is -0.200. The number of phenolic OH excluding ortho intramolecular Hbond substituents is 1. The van der Waals surface area contributed by atoms with Gasteiger partial charge in [-0.2, -0.15) is 5.26 Å². The summed E-state index contributed by atoms with van der Waals surface area (Å²) in [5, 5.41) is 21.7. The molecule has 0 radical (unpaired) electrons. The molecule has 0 aliphatic heterocycles. The van der Waals surface area contributed by atoms with Gasteiger partial charge in [-0.3, -0.25) is 4.79 Å². The molecular weight excluding hydrogens is 350 g/mol. The van der Waals surface area contributed by atoms with E-state index in [1.54, 1.807) is 18.2 Å². The number of aromatic nitrogens is 1. The predicted molar refractivity (Wildman–Crippen MR) is 109 cm³/mol. The smallest absolute Gasteiger partial charge is 0.262 e. The Morgan fingerprint density at radius 2 is 1.82 bits per heavy atom. The molecule has 1 heterocycles. The van der Waals surface area contributed by atoms with Gasteiger partial charge < -0.3 is 15.0 Å². The van der Waals surface area contributed by atoms with Crippen molar-refractivity contribution < 1.29 is 9.90 Å². The van der Waals surface area contributed by atoms with Crippen molar-refractivity contribution >= 4 is 12.0 Å². The Morgan fingerprint density at radius 1 is 1.14 bits per heavy atom. The molecule has 28 heavy (non-hydrogen) atoms. The van der Waals surface area contributed by atoms with E-state index in [4.69, 9.17) is 0 Å². The lowest BCUT2D eigenvalue weighted by Gasteiger charge is -2.09. The first-order valence-corrected chi connectivity index (χ1v) is 8.92. The van der Waals surface area contributed by atoms with Crippen molar-refractivity contribution in [3.8, 4) is 17.5 Å². The van der Waals surface area contributed by atoms with Gasteiger partial charge in [0.25, 0.3) is 5.91 Å². The SMILES string of the molecule is Cc1cc(C=C(C#N)C(=O)NCc2ccccc2)c(C)n1-c1ccc(O)cc1. The second-order valence-electron chi connectivity index (χ2n) is 6.52. The van der Waals surface area contributed by atoms with E-state index in [9.17, 15) is 15.2 Å². The maximum Gasteiger partial charge on any atom is 0.262 e. The van der Waals surface area contributed by atoms with Crippen LogP contribution in [-0.4, -0.2) is 15.6 Å². The first kappa shape index (κ1) is 19.0. The zero-order chi connectivity index (χ0) is 20.1. The monoisotopic (exact) mass is 371 g/mol. The fourth-order valence-corrected chi connectivity index (χ4v) is 3.11. The molecule has 0 fully saturated rings. The van der Waals surface area contributed by atoms with Crippen LogP contribution in [0.15, 0.2) is 66.2 Å². The highest BCUT2D eigenvalue weighted by molar-refractivity contribution is 6.01. The standard InChI is InChI=1S/C23H21N3O2/c1-16-12-19(17(2)26(16)21-8-10-22(27)11-9-21)13-20(14-24)23(28)25-15-18-6-4-3-5-7-18/h3-13,27H,15H2,1-2H3,(H,25,28). The molecule has 2 N–H and O–H groups in total. The van der Waals surface area contributed by atoms with Gasteiger partial charge in [0.05, 0.1) is 0 Å². The third-order valence-electron chi connectivity index (χ3n) is 4.54. The summed E-state index contributed by atoms with van der Waals surface area (Å²) in [6.45, 7) is 4.26. The van der Waals surface area contributed by atoms with Gasteiger partial charge in [0.2, 0.25) is 0 Å². The van der Waals surface area contributed by atoms with Crippen LogP contribution in [0.25, 0.3) is 11.8 Å². The minimum Gasteiger partial charge on any atom is -0.508 e. The molecule has 0 aliphatic rings. The van der Waals surface area contributed by atoms with E-state index in [-0.39, 0.29) is 11.3 Å². The average molecular weight is 371 g/mol. The number of aromatic hydroxyl groups is 1. The Kier molecular flexibility index (Phi) is 5.61. The van der Waals surface area contributed by atoms with Crippen LogP contribution in [0.4, 0.5) is 0 Å². The molecular formula is C23H21N3O2. The van der Waals surface area contributed by atoms with Gasteiger partial charge >= 0.3 is 0 Å². The molecule has 3 aromatic rings. The number of aryl methyl sites for hydroxylation is 1. The lowest BCUT2D eigenvalue weighted by Crippen LogP contribution is -2.23. The topological polar surface area (TPSA) is 78.0 Å². The fraction of sp³-hybridized carbons (Fsp3) is 0.130. The molecule has 5 heteroatoms. The van der Waals surface area contributed by atoms with Crippen molar-refractivity contribution in [1.29, 1.82) is 5.26 Å². The van der Waals surface area contributed by atoms with Crippen LogP contribution in [-0.2, 0) is 11.3 Å². The van der Waals surface area contributed by atoms with Crippen LogP contribution in [0.3, 0.4) is 0 Å². The summed E-state index contributed by atoms with van der Waals surface area (Å²) in [4.78, 5) is 12.4. The van der Waals surface area contributed by atoms with Crippen molar-refractivity contribution in [2.24, 2.45) is 0 Å². The Bertz CT molecular complexity index is 1060. The van der Waals surface area contributed by atoms with Crippen molar-refractivity contribution in [2.75, 3.05) is 0 Å². The highest BCUT2D eigenvalue weighted by Crippen LogP contribution is 2.24. The van der Waals surface area contributed by atoms with Gasteiger partial charge in [0.15, 0.2) is 0 Å². The second kappa shape index (κ2) is 8.28. The van der Waals surface area contributed by atoms with E-state index in [2.05, 4.69) is 5.32 Å². The maximum atomic E-state index is 12.4. The summed E-state index contributed by atoms with van der Waals surface area (Å²) in [6, 6.07) is 20.4. The van der Waals surface area contributed by atoms with Crippen LogP contribution in [0.5, 0.6) is 5.75 Å². The van der Waals surface area contributed by atoms with E-state index >= 15 is 0 Å². The molecule has 2 aromatic carbocycles. The first-order chi connectivity index (χ1) is 13.5. The zero-order valence-electron chi connectivity index (χ0n) is 15.8. The Hall–Kier alpha value is -3.78. The number of carbonyl (C=O) groups excluding carboxylic acids is 1. The van der Waals surface area contributed by atoms with Gasteiger partial charge in [-0.15, -0.1) is 0 Å². The van der Waals surface area contributed by atoms with Crippen molar-refractivity contribution in [3.05, 3.63) is 88.8 Å². The van der Waals surface area contributed by atoms with Crippen LogP contribution in [0.1, 0.15) is 22.5 Å². The Morgan fingerprint density at radius 3 is 2.46 bits per heavy atom. The highest BCUT2D eigenvalue weighted by atomic mass is 16.3. The van der Waals surface area contributed by atoms with Gasteiger partial charge in [-0.05, 0) is 61.4 Å². The van der Waals surface area contributed by atoms with E-state index in [1.807, 2.05) is 73.0 Å². The summed E-state index contributed by atoms with van der Waals surface area (Å²) < 4.78 is 2.02. The molecule has 0 spiro atoms. The van der Waals surface area contributed by atoms with Gasteiger partial charge in [0.1, 0.15) is 17.4 Å². The van der Waals surface area contributed by atoms with Crippen molar-refractivity contribution in [1.82, 2.24) is 9.88 Å². The average Bonchev–Trinajstić information content (AvgIpc) is 2.99. The lowest BCUT2D eigenvalue weighted by atomic mass is 10.1. The molecule has 0 aliphatic carbocycles. The molecule has 0 unspecified atom stereocenters. The number of nitrogens with zero attached hydrogens (tertiary/aromatic N) is 2. The molecule has 0 atom stereocenters. The third kappa shape index (κ3) is 4.13. The number of hydrogen-bond donors (Lipinski definition) is 2. The normalized spacial score (nSPS) is 11.1. The number of hydrogen-bond acceptors (Lipinski definition) is 3. The molecule has 140 valence electrons. The molecule has 0 saturated carbocycles. The first-order valence-electron chi connectivity index (χ1n) is 8.92. The van der Waals surface area contributed by atoms with E-state index in [0.717, 1.165) is 28.2 Å². The summed E-state index contributed by atoms with van der Waals surface area (Å²) in [5.41, 5.74) is 4.61. The van der Waals surface area contributed by atoms with Crippen LogP contribution in [0, 0.1) is 25.2 Å². The van der Waals surface area contributed by atoms with E-state index < -0.39 is 5.91 Å². The number of amides is 1. The molecule has 0 bridgehead atoms. The minimum absolute atomic E-state index is 0.0573. The predicted octanol–water partition coefficient (Wildman–Crippen LogP) is 4.02. The molecule has 0 saturated heterocycles. The summed E-state index contributed by atoms with van der Waals surface area (Å²) in [6.07, 6.45) is 1.61. The van der Waals surface area contributed by atoms with Crippen LogP contribution >= 0.6 is 0 Å². The van der Waals surface area contributed by atoms with Crippen LogP contribution < -0.4 is 5.32 Å². The van der Waals surface area contributed by atoms with Crippen LogP contribution in [0.2, 0.25) is 0 Å². The zero-order valence-corrected chi connectivity index (χ0v) is 15.8. The molecule has 3 rings (SSSR count). The quantitative estimate of drug-likeness (QED) is 0.525. The molecule has 1 aromatic heterocycles. The number of rotatable bonds is 5. The maximum absolute atomic E-state index is 12.4. The highest BCUT2D eigenvalue weighted by Gasteiger charge is 2.13. The summed E-state index contributed by atoms with van der Waals surface area (Å²) in [7, 11) is 0. The minimum atomic E-state index is -0.402.